The predicted molar refractivity (Wildman–Crippen MR) is 114 cm³/mol. The van der Waals surface area contributed by atoms with E-state index in [9.17, 15) is 9.18 Å². The average molecular weight is 407 g/mol. The van der Waals surface area contributed by atoms with E-state index in [0.717, 1.165) is 54.0 Å². The number of carbonyl (C=O) groups excluding carboxylic acids is 1. The van der Waals surface area contributed by atoms with Crippen LogP contribution >= 0.6 is 0 Å². The lowest BCUT2D eigenvalue weighted by Crippen LogP contribution is -2.39. The number of likely N-dealkylation sites (tertiary alicyclic amines) is 1. The standard InChI is InChI=1S/C24H27FN4O/c1-17-15-20(19-6-8-21(25)9-7-19)16-22(27-17)23-5-3-4-13-28(23)24(30)11-14-29-18(2)10-12-26-29/h6-10,12,15-16,23H,3-5,11,13-14H2,1-2H3/t23-/m0/s1. The van der Waals surface area contributed by atoms with Crippen molar-refractivity contribution >= 4 is 5.91 Å². The smallest absolute Gasteiger partial charge is 0.224 e. The Morgan fingerprint density at radius 2 is 1.90 bits per heavy atom. The van der Waals surface area contributed by atoms with E-state index < -0.39 is 0 Å². The SMILES string of the molecule is Cc1cc(-c2ccc(F)cc2)cc([C@@H]2CCCCN2C(=O)CCn2nccc2C)n1. The van der Waals surface area contributed by atoms with E-state index in [-0.39, 0.29) is 17.8 Å². The molecule has 3 aromatic rings. The number of carbonyl (C=O) groups is 1. The molecule has 0 N–H and O–H groups in total. The highest BCUT2D eigenvalue weighted by Gasteiger charge is 2.29. The van der Waals surface area contributed by atoms with Gasteiger partial charge in [0.25, 0.3) is 0 Å². The molecule has 0 aliphatic carbocycles. The van der Waals surface area contributed by atoms with E-state index >= 15 is 0 Å². The molecule has 1 atom stereocenters. The van der Waals surface area contributed by atoms with Crippen molar-refractivity contribution in [2.75, 3.05) is 6.54 Å². The molecule has 30 heavy (non-hydrogen) atoms. The number of aryl methyl sites for hydroxylation is 3. The Morgan fingerprint density at radius 1 is 1.10 bits per heavy atom. The van der Waals surface area contributed by atoms with Gasteiger partial charge in [-0.25, -0.2) is 4.39 Å². The van der Waals surface area contributed by atoms with Crippen molar-refractivity contribution in [3.8, 4) is 11.1 Å². The molecule has 1 amide bonds. The molecular formula is C24H27FN4O. The van der Waals surface area contributed by atoms with Gasteiger partial charge in [-0.2, -0.15) is 5.10 Å². The second kappa shape index (κ2) is 8.78. The van der Waals surface area contributed by atoms with Crippen molar-refractivity contribution in [2.24, 2.45) is 0 Å². The summed E-state index contributed by atoms with van der Waals surface area (Å²) < 4.78 is 15.2. The highest BCUT2D eigenvalue weighted by atomic mass is 19.1. The number of piperidine rings is 1. The van der Waals surface area contributed by atoms with Crippen molar-refractivity contribution in [1.29, 1.82) is 0 Å². The van der Waals surface area contributed by atoms with E-state index in [1.54, 1.807) is 18.3 Å². The topological polar surface area (TPSA) is 51.0 Å². The number of amides is 1. The molecule has 0 bridgehead atoms. The molecule has 1 aliphatic heterocycles. The Labute approximate surface area is 176 Å². The zero-order valence-corrected chi connectivity index (χ0v) is 17.5. The van der Waals surface area contributed by atoms with Gasteiger partial charge in [0.2, 0.25) is 5.91 Å². The van der Waals surface area contributed by atoms with Crippen LogP contribution in [-0.4, -0.2) is 32.1 Å². The molecule has 6 heteroatoms. The Balaban J connectivity index is 1.57. The third-order valence-corrected chi connectivity index (χ3v) is 5.78. The fourth-order valence-electron chi connectivity index (χ4n) is 4.19. The number of rotatable bonds is 5. The van der Waals surface area contributed by atoms with Crippen LogP contribution in [0.2, 0.25) is 0 Å². The van der Waals surface area contributed by atoms with Gasteiger partial charge in [0.05, 0.1) is 11.7 Å². The number of hydrogen-bond donors (Lipinski definition) is 0. The molecule has 4 rings (SSSR count). The van der Waals surface area contributed by atoms with E-state index in [1.165, 1.54) is 12.1 Å². The van der Waals surface area contributed by atoms with E-state index in [1.807, 2.05) is 41.6 Å². The molecule has 1 saturated heterocycles. The fraction of sp³-hybridized carbons (Fsp3) is 0.375. The largest absolute Gasteiger partial charge is 0.334 e. The normalized spacial score (nSPS) is 16.6. The number of pyridine rings is 1. The minimum atomic E-state index is -0.249. The summed E-state index contributed by atoms with van der Waals surface area (Å²) in [5, 5.41) is 4.28. The van der Waals surface area contributed by atoms with E-state index in [2.05, 4.69) is 5.10 Å². The third kappa shape index (κ3) is 4.42. The quantitative estimate of drug-likeness (QED) is 0.609. The van der Waals surface area contributed by atoms with Crippen molar-refractivity contribution in [2.45, 2.75) is 52.1 Å². The van der Waals surface area contributed by atoms with Crippen LogP contribution in [0, 0.1) is 19.7 Å². The maximum Gasteiger partial charge on any atom is 0.224 e. The molecule has 1 aliphatic rings. The van der Waals surface area contributed by atoms with Crippen molar-refractivity contribution in [3.05, 3.63) is 71.6 Å². The summed E-state index contributed by atoms with van der Waals surface area (Å²) in [6.45, 7) is 5.30. The maximum atomic E-state index is 13.3. The summed E-state index contributed by atoms with van der Waals surface area (Å²) >= 11 is 0. The van der Waals surface area contributed by atoms with Gasteiger partial charge >= 0.3 is 0 Å². The van der Waals surface area contributed by atoms with Gasteiger partial charge < -0.3 is 4.90 Å². The van der Waals surface area contributed by atoms with Gasteiger partial charge in [-0.15, -0.1) is 0 Å². The lowest BCUT2D eigenvalue weighted by atomic mass is 9.95. The van der Waals surface area contributed by atoms with Crippen LogP contribution in [-0.2, 0) is 11.3 Å². The maximum absolute atomic E-state index is 13.3. The van der Waals surface area contributed by atoms with Crippen LogP contribution in [0.3, 0.4) is 0 Å². The molecule has 0 radical (unpaired) electrons. The Kier molecular flexibility index (Phi) is 5.93. The van der Waals surface area contributed by atoms with Crippen molar-refractivity contribution in [3.63, 3.8) is 0 Å². The van der Waals surface area contributed by atoms with Crippen LogP contribution in [0.25, 0.3) is 11.1 Å². The molecule has 1 fully saturated rings. The number of hydrogen-bond acceptors (Lipinski definition) is 3. The van der Waals surface area contributed by atoms with Crippen LogP contribution in [0.15, 0.2) is 48.7 Å². The summed E-state index contributed by atoms with van der Waals surface area (Å²) in [6, 6.07) is 12.5. The molecule has 2 aromatic heterocycles. The van der Waals surface area contributed by atoms with Crippen LogP contribution < -0.4 is 0 Å². The zero-order valence-electron chi connectivity index (χ0n) is 17.5. The minimum Gasteiger partial charge on any atom is -0.334 e. The lowest BCUT2D eigenvalue weighted by molar-refractivity contribution is -0.135. The number of benzene rings is 1. The van der Waals surface area contributed by atoms with Gasteiger partial charge in [-0.3, -0.25) is 14.5 Å². The molecule has 0 spiro atoms. The Morgan fingerprint density at radius 3 is 2.63 bits per heavy atom. The third-order valence-electron chi connectivity index (χ3n) is 5.78. The molecule has 0 unspecified atom stereocenters. The van der Waals surface area contributed by atoms with Gasteiger partial charge in [0.1, 0.15) is 5.82 Å². The van der Waals surface area contributed by atoms with E-state index in [4.69, 9.17) is 4.98 Å². The van der Waals surface area contributed by atoms with Crippen LogP contribution in [0.4, 0.5) is 4.39 Å². The zero-order chi connectivity index (χ0) is 21.1. The second-order valence-corrected chi connectivity index (χ2v) is 7.97. The second-order valence-electron chi connectivity index (χ2n) is 7.97. The lowest BCUT2D eigenvalue weighted by Gasteiger charge is -2.36. The molecule has 3 heterocycles. The summed E-state index contributed by atoms with van der Waals surface area (Å²) in [7, 11) is 0. The summed E-state index contributed by atoms with van der Waals surface area (Å²) in [5.74, 6) is -0.109. The molecular weight excluding hydrogens is 379 g/mol. The molecule has 1 aromatic carbocycles. The van der Waals surface area contributed by atoms with E-state index in [0.29, 0.717) is 13.0 Å². The first-order valence-electron chi connectivity index (χ1n) is 10.5. The summed E-state index contributed by atoms with van der Waals surface area (Å²) in [6.07, 6.45) is 5.19. The molecule has 156 valence electrons. The molecule has 0 saturated carbocycles. The summed E-state index contributed by atoms with van der Waals surface area (Å²) in [4.78, 5) is 19.8. The highest BCUT2D eigenvalue weighted by molar-refractivity contribution is 5.77. The average Bonchev–Trinajstić information content (AvgIpc) is 3.17. The van der Waals surface area contributed by atoms with Gasteiger partial charge in [0, 0.05) is 37.1 Å². The van der Waals surface area contributed by atoms with Gasteiger partial charge in [0.15, 0.2) is 0 Å². The van der Waals surface area contributed by atoms with Gasteiger partial charge in [-0.1, -0.05) is 12.1 Å². The van der Waals surface area contributed by atoms with Gasteiger partial charge in [-0.05, 0) is 74.6 Å². The highest BCUT2D eigenvalue weighted by Crippen LogP contribution is 2.33. The predicted octanol–water partition coefficient (Wildman–Crippen LogP) is 4.84. The van der Waals surface area contributed by atoms with Crippen LogP contribution in [0.5, 0.6) is 0 Å². The first kappa shape index (κ1) is 20.3. The van der Waals surface area contributed by atoms with Crippen molar-refractivity contribution < 1.29 is 9.18 Å². The Hall–Kier alpha value is -3.02. The number of aromatic nitrogens is 3. The first-order valence-corrected chi connectivity index (χ1v) is 10.5. The van der Waals surface area contributed by atoms with Crippen LogP contribution in [0.1, 0.15) is 48.8 Å². The first-order chi connectivity index (χ1) is 14.5. The number of halogens is 1. The Bertz CT molecular complexity index is 1030. The van der Waals surface area contributed by atoms with Crippen molar-refractivity contribution in [1.82, 2.24) is 19.7 Å². The number of nitrogens with zero attached hydrogens (tertiary/aromatic N) is 4. The monoisotopic (exact) mass is 406 g/mol. The fourth-order valence-corrected chi connectivity index (χ4v) is 4.19. The summed E-state index contributed by atoms with van der Waals surface area (Å²) in [5.41, 5.74) is 4.82. The minimum absolute atomic E-state index is 0.0240. The molecule has 5 nitrogen and oxygen atoms in total.